The van der Waals surface area contributed by atoms with Crippen molar-refractivity contribution in [2.45, 2.75) is 12.8 Å². The van der Waals surface area contributed by atoms with Crippen LogP contribution in [-0.2, 0) is 7.05 Å². The SMILES string of the molecule is Cn1ccc(C(=O)N2CCC(CCN)C2)cc1=O. The number of hydrogen-bond acceptors (Lipinski definition) is 3. The predicted molar refractivity (Wildman–Crippen MR) is 69.4 cm³/mol. The molecule has 1 saturated heterocycles. The number of rotatable bonds is 3. The van der Waals surface area contributed by atoms with Crippen LogP contribution in [-0.4, -0.2) is 35.0 Å². The topological polar surface area (TPSA) is 68.3 Å². The van der Waals surface area contributed by atoms with Gasteiger partial charge in [0.1, 0.15) is 0 Å². The third kappa shape index (κ3) is 2.61. The van der Waals surface area contributed by atoms with E-state index in [0.717, 1.165) is 25.9 Å². The monoisotopic (exact) mass is 249 g/mol. The molecular weight excluding hydrogens is 230 g/mol. The molecule has 18 heavy (non-hydrogen) atoms. The fraction of sp³-hybridized carbons (Fsp3) is 0.538. The number of amides is 1. The number of likely N-dealkylation sites (tertiary alicyclic amines) is 1. The lowest BCUT2D eigenvalue weighted by Gasteiger charge is -2.16. The molecule has 0 bridgehead atoms. The maximum Gasteiger partial charge on any atom is 0.254 e. The van der Waals surface area contributed by atoms with E-state index in [9.17, 15) is 9.59 Å². The molecule has 1 amide bonds. The molecule has 1 unspecified atom stereocenters. The van der Waals surface area contributed by atoms with Crippen LogP contribution >= 0.6 is 0 Å². The molecule has 1 aromatic rings. The minimum atomic E-state index is -0.154. The van der Waals surface area contributed by atoms with E-state index in [1.165, 1.54) is 10.6 Å². The highest BCUT2D eigenvalue weighted by Gasteiger charge is 2.26. The minimum Gasteiger partial charge on any atom is -0.338 e. The summed E-state index contributed by atoms with van der Waals surface area (Å²) < 4.78 is 1.46. The van der Waals surface area contributed by atoms with E-state index >= 15 is 0 Å². The molecule has 0 saturated carbocycles. The van der Waals surface area contributed by atoms with Crippen molar-refractivity contribution in [2.24, 2.45) is 18.7 Å². The summed E-state index contributed by atoms with van der Waals surface area (Å²) in [5.74, 6) is 0.456. The van der Waals surface area contributed by atoms with Crippen molar-refractivity contribution in [2.75, 3.05) is 19.6 Å². The first-order chi connectivity index (χ1) is 8.61. The largest absolute Gasteiger partial charge is 0.338 e. The van der Waals surface area contributed by atoms with Gasteiger partial charge in [-0.05, 0) is 31.4 Å². The lowest BCUT2D eigenvalue weighted by molar-refractivity contribution is 0.0786. The van der Waals surface area contributed by atoms with Crippen LogP contribution in [0.3, 0.4) is 0 Å². The lowest BCUT2D eigenvalue weighted by atomic mass is 10.1. The van der Waals surface area contributed by atoms with Crippen LogP contribution in [0.5, 0.6) is 0 Å². The van der Waals surface area contributed by atoms with E-state index in [0.29, 0.717) is 18.0 Å². The third-order valence-electron chi connectivity index (χ3n) is 3.50. The summed E-state index contributed by atoms with van der Waals surface area (Å²) in [5.41, 5.74) is 5.85. The average Bonchev–Trinajstić information content (AvgIpc) is 2.81. The summed E-state index contributed by atoms with van der Waals surface area (Å²) in [6.45, 7) is 2.18. The summed E-state index contributed by atoms with van der Waals surface area (Å²) >= 11 is 0. The van der Waals surface area contributed by atoms with Crippen molar-refractivity contribution in [3.05, 3.63) is 34.2 Å². The second-order valence-corrected chi connectivity index (χ2v) is 4.85. The van der Waals surface area contributed by atoms with E-state index in [1.54, 1.807) is 19.3 Å². The molecule has 0 aliphatic carbocycles. The van der Waals surface area contributed by atoms with Crippen LogP contribution in [0, 0.1) is 5.92 Å². The van der Waals surface area contributed by atoms with Gasteiger partial charge in [0.25, 0.3) is 11.5 Å². The summed E-state index contributed by atoms with van der Waals surface area (Å²) in [7, 11) is 1.67. The summed E-state index contributed by atoms with van der Waals surface area (Å²) in [6.07, 6.45) is 3.59. The Balaban J connectivity index is 2.08. The fourth-order valence-electron chi connectivity index (χ4n) is 2.35. The number of aryl methyl sites for hydroxylation is 1. The zero-order valence-electron chi connectivity index (χ0n) is 10.6. The molecule has 2 rings (SSSR count). The van der Waals surface area contributed by atoms with Crippen LogP contribution in [0.2, 0.25) is 0 Å². The van der Waals surface area contributed by atoms with E-state index < -0.39 is 0 Å². The molecule has 1 aromatic heterocycles. The highest BCUT2D eigenvalue weighted by molar-refractivity contribution is 5.94. The highest BCUT2D eigenvalue weighted by Crippen LogP contribution is 2.20. The Morgan fingerprint density at radius 1 is 1.56 bits per heavy atom. The maximum absolute atomic E-state index is 12.2. The number of pyridine rings is 1. The van der Waals surface area contributed by atoms with Crippen molar-refractivity contribution in [3.8, 4) is 0 Å². The van der Waals surface area contributed by atoms with Gasteiger partial charge in [0.05, 0.1) is 0 Å². The number of carbonyl (C=O) groups excluding carboxylic acids is 1. The van der Waals surface area contributed by atoms with Gasteiger partial charge in [0.15, 0.2) is 0 Å². The van der Waals surface area contributed by atoms with Crippen LogP contribution < -0.4 is 11.3 Å². The summed E-state index contributed by atoms with van der Waals surface area (Å²) in [6, 6.07) is 3.10. The Morgan fingerprint density at radius 2 is 2.33 bits per heavy atom. The first-order valence-corrected chi connectivity index (χ1v) is 6.28. The zero-order valence-corrected chi connectivity index (χ0v) is 10.6. The van der Waals surface area contributed by atoms with Crippen LogP contribution in [0.1, 0.15) is 23.2 Å². The molecule has 1 aliphatic rings. The maximum atomic E-state index is 12.2. The van der Waals surface area contributed by atoms with Gasteiger partial charge < -0.3 is 15.2 Å². The van der Waals surface area contributed by atoms with Crippen molar-refractivity contribution in [3.63, 3.8) is 0 Å². The molecular formula is C13H19N3O2. The lowest BCUT2D eigenvalue weighted by Crippen LogP contribution is -2.30. The van der Waals surface area contributed by atoms with E-state index in [-0.39, 0.29) is 11.5 Å². The minimum absolute atomic E-state index is 0.0489. The molecule has 1 fully saturated rings. The zero-order chi connectivity index (χ0) is 13.1. The van der Waals surface area contributed by atoms with Gasteiger partial charge in [-0.1, -0.05) is 0 Å². The Kier molecular flexibility index (Phi) is 3.81. The molecule has 1 aliphatic heterocycles. The average molecular weight is 249 g/mol. The number of nitrogens with two attached hydrogens (primary N) is 1. The van der Waals surface area contributed by atoms with Crippen molar-refractivity contribution >= 4 is 5.91 Å². The standard InChI is InChI=1S/C13H19N3O2/c1-15-6-4-11(8-12(15)17)13(18)16-7-3-10(9-16)2-5-14/h4,6,8,10H,2-3,5,7,9,14H2,1H3. The molecule has 0 radical (unpaired) electrons. The van der Waals surface area contributed by atoms with Crippen molar-refractivity contribution in [1.82, 2.24) is 9.47 Å². The highest BCUT2D eigenvalue weighted by atomic mass is 16.2. The van der Waals surface area contributed by atoms with Gasteiger partial charge in [0, 0.05) is 38.0 Å². The van der Waals surface area contributed by atoms with Gasteiger partial charge in [-0.2, -0.15) is 0 Å². The van der Waals surface area contributed by atoms with Crippen molar-refractivity contribution < 1.29 is 4.79 Å². The number of nitrogens with zero attached hydrogens (tertiary/aromatic N) is 2. The normalized spacial score (nSPS) is 19.2. The molecule has 5 heteroatoms. The van der Waals surface area contributed by atoms with Crippen LogP contribution in [0.25, 0.3) is 0 Å². The molecule has 2 N–H and O–H groups in total. The fourth-order valence-corrected chi connectivity index (χ4v) is 2.35. The first kappa shape index (κ1) is 12.8. The smallest absolute Gasteiger partial charge is 0.254 e. The number of aromatic nitrogens is 1. The van der Waals surface area contributed by atoms with E-state index in [4.69, 9.17) is 5.73 Å². The molecule has 0 spiro atoms. The quantitative estimate of drug-likeness (QED) is 0.832. The van der Waals surface area contributed by atoms with Gasteiger partial charge in [-0.15, -0.1) is 0 Å². The summed E-state index contributed by atoms with van der Waals surface area (Å²) in [5, 5.41) is 0. The van der Waals surface area contributed by atoms with Gasteiger partial charge >= 0.3 is 0 Å². The van der Waals surface area contributed by atoms with E-state index in [2.05, 4.69) is 0 Å². The van der Waals surface area contributed by atoms with Crippen LogP contribution in [0.4, 0.5) is 0 Å². The Bertz CT molecular complexity index is 495. The Hall–Kier alpha value is -1.62. The first-order valence-electron chi connectivity index (χ1n) is 6.28. The third-order valence-corrected chi connectivity index (χ3v) is 3.50. The molecule has 1 atom stereocenters. The molecule has 98 valence electrons. The number of carbonyl (C=O) groups is 1. The van der Waals surface area contributed by atoms with Gasteiger partial charge in [-0.25, -0.2) is 0 Å². The second-order valence-electron chi connectivity index (χ2n) is 4.85. The molecule has 0 aromatic carbocycles. The van der Waals surface area contributed by atoms with Gasteiger partial charge in [-0.3, -0.25) is 9.59 Å². The Morgan fingerprint density at radius 3 is 3.00 bits per heavy atom. The van der Waals surface area contributed by atoms with Crippen molar-refractivity contribution in [1.29, 1.82) is 0 Å². The van der Waals surface area contributed by atoms with E-state index in [1.807, 2.05) is 4.90 Å². The van der Waals surface area contributed by atoms with Crippen LogP contribution in [0.15, 0.2) is 23.1 Å². The second kappa shape index (κ2) is 5.35. The van der Waals surface area contributed by atoms with Gasteiger partial charge in [0.2, 0.25) is 0 Å². The molecule has 5 nitrogen and oxygen atoms in total. The Labute approximate surface area is 106 Å². The molecule has 2 heterocycles. The number of hydrogen-bond donors (Lipinski definition) is 1. The summed E-state index contributed by atoms with van der Waals surface area (Å²) in [4.78, 5) is 25.5. The predicted octanol–water partition coefficient (Wildman–Crippen LogP) is 0.196.